The van der Waals surface area contributed by atoms with Gasteiger partial charge < -0.3 is 10.6 Å². The average molecular weight is 576 g/mol. The van der Waals surface area contributed by atoms with E-state index in [1.54, 1.807) is 54.6 Å². The van der Waals surface area contributed by atoms with Crippen molar-refractivity contribution in [1.82, 2.24) is 5.32 Å². The van der Waals surface area contributed by atoms with Crippen LogP contribution in [-0.2, 0) is 14.4 Å². The maximum absolute atomic E-state index is 13.3. The third kappa shape index (κ3) is 6.50. The van der Waals surface area contributed by atoms with Gasteiger partial charge in [0, 0.05) is 22.6 Å². The van der Waals surface area contributed by atoms with E-state index in [0.29, 0.717) is 16.9 Å². The largest absolute Gasteiger partial charge is 0.321 e. The van der Waals surface area contributed by atoms with Gasteiger partial charge in [-0.1, -0.05) is 66.7 Å². The van der Waals surface area contributed by atoms with Gasteiger partial charge in [0.1, 0.15) is 5.70 Å². The number of benzene rings is 4. The van der Waals surface area contributed by atoms with Crippen LogP contribution >= 0.6 is 11.8 Å². The number of aryl methyl sites for hydroxylation is 2. The van der Waals surface area contributed by atoms with E-state index >= 15 is 0 Å². The highest BCUT2D eigenvalue weighted by molar-refractivity contribution is 8.00. The fourth-order valence-corrected chi connectivity index (χ4v) is 5.78. The normalized spacial score (nSPS) is 15.0. The highest BCUT2D eigenvalue weighted by Gasteiger charge is 2.41. The summed E-state index contributed by atoms with van der Waals surface area (Å²) in [6, 6.07) is 30.6. The monoisotopic (exact) mass is 575 g/mol. The van der Waals surface area contributed by atoms with E-state index in [2.05, 4.69) is 10.6 Å². The number of hydrogen-bond acceptors (Lipinski definition) is 5. The van der Waals surface area contributed by atoms with Gasteiger partial charge in [-0.2, -0.15) is 0 Å². The molecule has 4 aromatic rings. The first-order chi connectivity index (χ1) is 20.3. The summed E-state index contributed by atoms with van der Waals surface area (Å²) in [4.78, 5) is 54.3. The molecule has 2 N–H and O–H groups in total. The first-order valence-electron chi connectivity index (χ1n) is 13.4. The molecular formula is C34H29N3O4S. The van der Waals surface area contributed by atoms with Gasteiger partial charge in [0.05, 0.1) is 10.9 Å². The summed E-state index contributed by atoms with van der Waals surface area (Å²) in [7, 11) is 0. The summed E-state index contributed by atoms with van der Waals surface area (Å²) in [6.45, 7) is 3.79. The Bertz CT molecular complexity index is 1650. The number of nitrogens with one attached hydrogen (secondary N) is 2. The lowest BCUT2D eigenvalue weighted by atomic mass is 10.1. The maximum Gasteiger partial charge on any atom is 0.272 e. The Balaban J connectivity index is 1.28. The number of rotatable bonds is 8. The molecule has 8 heteroatoms. The number of thioether (sulfide) groups is 1. The molecule has 1 aliphatic heterocycles. The van der Waals surface area contributed by atoms with Crippen LogP contribution in [0, 0.1) is 13.8 Å². The van der Waals surface area contributed by atoms with Gasteiger partial charge >= 0.3 is 0 Å². The highest BCUT2D eigenvalue weighted by atomic mass is 32.2. The zero-order valence-electron chi connectivity index (χ0n) is 23.2. The number of para-hydroxylation sites is 1. The van der Waals surface area contributed by atoms with Crippen LogP contribution in [0.25, 0.3) is 6.08 Å². The van der Waals surface area contributed by atoms with E-state index in [1.165, 1.54) is 16.7 Å². The summed E-state index contributed by atoms with van der Waals surface area (Å²) >= 11 is 1.32. The summed E-state index contributed by atoms with van der Waals surface area (Å²) in [6.07, 6.45) is 1.73. The molecule has 1 fully saturated rings. The van der Waals surface area contributed by atoms with E-state index in [1.807, 2.05) is 68.4 Å². The van der Waals surface area contributed by atoms with Crippen molar-refractivity contribution < 1.29 is 19.2 Å². The first kappa shape index (κ1) is 28.6. The van der Waals surface area contributed by atoms with Gasteiger partial charge in [0.25, 0.3) is 11.8 Å². The summed E-state index contributed by atoms with van der Waals surface area (Å²) in [5, 5.41) is 5.03. The van der Waals surface area contributed by atoms with Crippen molar-refractivity contribution in [3.8, 4) is 0 Å². The molecule has 1 atom stereocenters. The van der Waals surface area contributed by atoms with Crippen molar-refractivity contribution in [2.24, 2.45) is 0 Å². The number of carbonyl (C=O) groups excluding carboxylic acids is 4. The minimum atomic E-state index is -0.537. The second-order valence-corrected chi connectivity index (χ2v) is 11.2. The van der Waals surface area contributed by atoms with Crippen LogP contribution < -0.4 is 15.5 Å². The molecular weight excluding hydrogens is 546 g/mol. The lowest BCUT2D eigenvalue weighted by Crippen LogP contribution is -2.32. The van der Waals surface area contributed by atoms with Crippen LogP contribution in [0.15, 0.2) is 114 Å². The Kier molecular flexibility index (Phi) is 8.64. The number of amides is 4. The first-order valence-corrected chi connectivity index (χ1v) is 14.3. The second-order valence-electron chi connectivity index (χ2n) is 9.89. The lowest BCUT2D eigenvalue weighted by Gasteiger charge is -2.19. The fraction of sp³-hybridized carbons (Fsp3) is 0.118. The number of hydrogen-bond donors (Lipinski definition) is 2. The molecule has 4 aromatic carbocycles. The zero-order valence-corrected chi connectivity index (χ0v) is 24.0. The van der Waals surface area contributed by atoms with Crippen molar-refractivity contribution in [2.45, 2.75) is 30.4 Å². The quantitative estimate of drug-likeness (QED) is 0.195. The van der Waals surface area contributed by atoms with Crippen molar-refractivity contribution in [1.29, 1.82) is 0 Å². The third-order valence-corrected chi connectivity index (χ3v) is 8.00. The van der Waals surface area contributed by atoms with Crippen LogP contribution in [0.2, 0.25) is 0 Å². The summed E-state index contributed by atoms with van der Waals surface area (Å²) in [5.41, 5.74) is 4.21. The van der Waals surface area contributed by atoms with Crippen molar-refractivity contribution in [3.63, 3.8) is 0 Å². The molecule has 0 saturated carbocycles. The van der Waals surface area contributed by atoms with Crippen molar-refractivity contribution >= 4 is 52.8 Å². The van der Waals surface area contributed by atoms with Gasteiger partial charge in [-0.25, -0.2) is 4.90 Å². The molecule has 0 spiro atoms. The predicted octanol–water partition coefficient (Wildman–Crippen LogP) is 6.14. The number of nitrogens with zero attached hydrogens (tertiary/aromatic N) is 1. The topological polar surface area (TPSA) is 95.6 Å². The van der Waals surface area contributed by atoms with Gasteiger partial charge in [-0.05, 0) is 73.0 Å². The molecule has 0 aromatic heterocycles. The Morgan fingerprint density at radius 1 is 0.810 bits per heavy atom. The van der Waals surface area contributed by atoms with Crippen molar-refractivity contribution in [2.75, 3.05) is 10.2 Å². The number of carbonyl (C=O) groups is 4. The van der Waals surface area contributed by atoms with Gasteiger partial charge in [-0.3, -0.25) is 19.2 Å². The van der Waals surface area contributed by atoms with Crippen LogP contribution in [0.3, 0.4) is 0 Å². The Morgan fingerprint density at radius 3 is 2.07 bits per heavy atom. The van der Waals surface area contributed by atoms with Gasteiger partial charge in [-0.15, -0.1) is 11.8 Å². The van der Waals surface area contributed by atoms with E-state index in [4.69, 9.17) is 0 Å². The van der Waals surface area contributed by atoms with Crippen LogP contribution in [0.1, 0.15) is 33.5 Å². The zero-order chi connectivity index (χ0) is 29.6. The van der Waals surface area contributed by atoms with Crippen LogP contribution in [0.5, 0.6) is 0 Å². The minimum absolute atomic E-state index is 0.0927. The predicted molar refractivity (Wildman–Crippen MR) is 166 cm³/mol. The molecule has 1 unspecified atom stereocenters. The molecule has 0 aliphatic carbocycles. The summed E-state index contributed by atoms with van der Waals surface area (Å²) in [5.74, 6) is -1.33. The Hall–Kier alpha value is -4.95. The minimum Gasteiger partial charge on any atom is -0.321 e. The van der Waals surface area contributed by atoms with Gasteiger partial charge in [0.15, 0.2) is 0 Å². The number of anilines is 2. The van der Waals surface area contributed by atoms with E-state index in [-0.39, 0.29) is 23.9 Å². The highest BCUT2D eigenvalue weighted by Crippen LogP contribution is 2.36. The SMILES string of the molecule is Cc1cccc(C)c1N1C(=O)CC(Sc2ccc(NC(=O)/C(=C/c3ccccc3)NC(=O)c3ccccc3)cc2)C1=O. The average Bonchev–Trinajstić information content (AvgIpc) is 3.26. The van der Waals surface area contributed by atoms with Crippen molar-refractivity contribution in [3.05, 3.63) is 131 Å². The molecule has 1 saturated heterocycles. The summed E-state index contributed by atoms with van der Waals surface area (Å²) < 4.78 is 0. The second kappa shape index (κ2) is 12.7. The molecule has 4 amide bonds. The molecule has 1 aliphatic rings. The Morgan fingerprint density at radius 2 is 1.43 bits per heavy atom. The lowest BCUT2D eigenvalue weighted by molar-refractivity contribution is -0.121. The van der Waals surface area contributed by atoms with Gasteiger partial charge in [0.2, 0.25) is 11.8 Å². The standard InChI is InChI=1S/C34H29N3O4S/c1-22-10-9-11-23(2)31(22)37-30(38)21-29(34(37)41)42-27-18-16-26(17-19-27)35-33(40)28(20-24-12-5-3-6-13-24)36-32(39)25-14-7-4-8-15-25/h3-20,29H,21H2,1-2H3,(H,35,40)(H,36,39)/b28-20-. The molecule has 210 valence electrons. The smallest absolute Gasteiger partial charge is 0.272 e. The third-order valence-electron chi connectivity index (χ3n) is 6.80. The maximum atomic E-state index is 13.3. The van der Waals surface area contributed by atoms with E-state index < -0.39 is 17.1 Å². The van der Waals surface area contributed by atoms with E-state index in [9.17, 15) is 19.2 Å². The molecule has 0 radical (unpaired) electrons. The molecule has 42 heavy (non-hydrogen) atoms. The Labute approximate surface area is 248 Å². The number of imide groups is 1. The molecule has 5 rings (SSSR count). The molecule has 7 nitrogen and oxygen atoms in total. The molecule has 1 heterocycles. The fourth-order valence-electron chi connectivity index (χ4n) is 4.73. The van der Waals surface area contributed by atoms with Crippen LogP contribution in [0.4, 0.5) is 11.4 Å². The van der Waals surface area contributed by atoms with Crippen LogP contribution in [-0.4, -0.2) is 28.9 Å². The molecule has 0 bridgehead atoms. The van der Waals surface area contributed by atoms with E-state index in [0.717, 1.165) is 21.6 Å².